The molecule has 1 amide bonds. The normalized spacial score (nSPS) is 18.3. The van der Waals surface area contributed by atoms with Gasteiger partial charge < -0.3 is 15.5 Å². The van der Waals surface area contributed by atoms with Crippen molar-refractivity contribution in [3.05, 3.63) is 0 Å². The highest BCUT2D eigenvalue weighted by Gasteiger charge is 2.24. The lowest BCUT2D eigenvalue weighted by molar-refractivity contribution is -0.138. The summed E-state index contributed by atoms with van der Waals surface area (Å²) in [6, 6.07) is 0.318. The Balaban J connectivity index is 2.48. The van der Waals surface area contributed by atoms with Gasteiger partial charge in [0.15, 0.2) is 0 Å². The number of aliphatic carboxylic acids is 1. The molecule has 1 unspecified atom stereocenters. The third-order valence-electron chi connectivity index (χ3n) is 3.37. The van der Waals surface area contributed by atoms with Crippen molar-refractivity contribution < 1.29 is 19.8 Å². The summed E-state index contributed by atoms with van der Waals surface area (Å²) in [5.41, 5.74) is 0. The molecule has 0 radical (unpaired) electrons. The van der Waals surface area contributed by atoms with E-state index in [1.165, 1.54) is 6.42 Å². The van der Waals surface area contributed by atoms with Gasteiger partial charge in [0.25, 0.3) is 0 Å². The molecule has 0 heterocycles. The van der Waals surface area contributed by atoms with Crippen molar-refractivity contribution >= 4 is 11.9 Å². The molecule has 1 atom stereocenters. The summed E-state index contributed by atoms with van der Waals surface area (Å²) in [5, 5.41) is 20.4. The van der Waals surface area contributed by atoms with Crippen LogP contribution in [0, 0.1) is 0 Å². The van der Waals surface area contributed by atoms with Crippen LogP contribution in [-0.4, -0.2) is 58.8 Å². The number of aliphatic hydroxyl groups is 1. The highest BCUT2D eigenvalue weighted by Crippen LogP contribution is 2.22. The van der Waals surface area contributed by atoms with E-state index in [9.17, 15) is 14.7 Å². The SMILES string of the molecule is CC(O)CN(CC(=O)NCC(=O)O)C1CCCCC1. The Morgan fingerprint density at radius 3 is 2.47 bits per heavy atom. The molecular weight excluding hydrogens is 248 g/mol. The maximum absolute atomic E-state index is 11.7. The summed E-state index contributed by atoms with van der Waals surface area (Å²) in [4.78, 5) is 24.1. The number of rotatable bonds is 7. The minimum Gasteiger partial charge on any atom is -0.480 e. The molecule has 0 aromatic carbocycles. The van der Waals surface area contributed by atoms with Crippen LogP contribution in [0.4, 0.5) is 0 Å². The Kier molecular flexibility index (Phi) is 6.80. The molecule has 1 rings (SSSR count). The van der Waals surface area contributed by atoms with Crippen molar-refractivity contribution in [1.82, 2.24) is 10.2 Å². The molecule has 0 saturated heterocycles. The maximum atomic E-state index is 11.7. The van der Waals surface area contributed by atoms with Crippen LogP contribution in [0.1, 0.15) is 39.0 Å². The van der Waals surface area contributed by atoms with Gasteiger partial charge in [-0.1, -0.05) is 19.3 Å². The predicted octanol–water partition coefficient (Wildman–Crippen LogP) is 0.203. The van der Waals surface area contributed by atoms with E-state index in [4.69, 9.17) is 5.11 Å². The van der Waals surface area contributed by atoms with E-state index >= 15 is 0 Å². The van der Waals surface area contributed by atoms with Crippen LogP contribution < -0.4 is 5.32 Å². The molecule has 0 aromatic rings. The molecule has 0 bridgehead atoms. The van der Waals surface area contributed by atoms with Crippen LogP contribution in [0.3, 0.4) is 0 Å². The molecule has 110 valence electrons. The lowest BCUT2D eigenvalue weighted by atomic mass is 9.94. The van der Waals surface area contributed by atoms with Gasteiger partial charge in [0, 0.05) is 12.6 Å². The van der Waals surface area contributed by atoms with E-state index < -0.39 is 12.1 Å². The van der Waals surface area contributed by atoms with Gasteiger partial charge in [0.2, 0.25) is 5.91 Å². The number of nitrogens with one attached hydrogen (secondary N) is 1. The van der Waals surface area contributed by atoms with E-state index in [0.717, 1.165) is 25.7 Å². The molecule has 1 saturated carbocycles. The minimum absolute atomic E-state index is 0.156. The first-order chi connectivity index (χ1) is 8.99. The number of carboxylic acid groups (broad SMARTS) is 1. The highest BCUT2D eigenvalue weighted by molar-refractivity contribution is 5.82. The van der Waals surface area contributed by atoms with Gasteiger partial charge in [-0.15, -0.1) is 0 Å². The molecular formula is C13H24N2O4. The van der Waals surface area contributed by atoms with Crippen molar-refractivity contribution in [1.29, 1.82) is 0 Å². The molecule has 0 aliphatic heterocycles. The van der Waals surface area contributed by atoms with Gasteiger partial charge >= 0.3 is 5.97 Å². The van der Waals surface area contributed by atoms with Crippen molar-refractivity contribution in [2.75, 3.05) is 19.6 Å². The second-order valence-corrected chi connectivity index (χ2v) is 5.24. The predicted molar refractivity (Wildman–Crippen MR) is 70.8 cm³/mol. The fourth-order valence-electron chi connectivity index (χ4n) is 2.54. The van der Waals surface area contributed by atoms with E-state index in [-0.39, 0.29) is 19.0 Å². The number of amides is 1. The van der Waals surface area contributed by atoms with Crippen molar-refractivity contribution in [2.45, 2.75) is 51.2 Å². The summed E-state index contributed by atoms with van der Waals surface area (Å²) in [6.45, 7) is 1.95. The Morgan fingerprint density at radius 2 is 1.95 bits per heavy atom. The quantitative estimate of drug-likeness (QED) is 0.616. The zero-order valence-corrected chi connectivity index (χ0v) is 11.5. The van der Waals surface area contributed by atoms with Gasteiger partial charge in [-0.3, -0.25) is 14.5 Å². The molecule has 19 heavy (non-hydrogen) atoms. The van der Waals surface area contributed by atoms with Crippen molar-refractivity contribution in [3.63, 3.8) is 0 Å². The molecule has 0 aromatic heterocycles. The molecule has 6 heteroatoms. The van der Waals surface area contributed by atoms with Gasteiger partial charge in [-0.05, 0) is 19.8 Å². The zero-order valence-electron chi connectivity index (χ0n) is 11.5. The zero-order chi connectivity index (χ0) is 14.3. The number of hydrogen-bond acceptors (Lipinski definition) is 4. The van der Waals surface area contributed by atoms with E-state index in [1.54, 1.807) is 6.92 Å². The molecule has 3 N–H and O–H groups in total. The average molecular weight is 272 g/mol. The first-order valence-corrected chi connectivity index (χ1v) is 6.89. The Labute approximate surface area is 113 Å². The first kappa shape index (κ1) is 15.9. The second kappa shape index (κ2) is 8.12. The lowest BCUT2D eigenvalue weighted by Gasteiger charge is -2.34. The summed E-state index contributed by atoms with van der Waals surface area (Å²) in [5.74, 6) is -1.35. The molecule has 6 nitrogen and oxygen atoms in total. The lowest BCUT2D eigenvalue weighted by Crippen LogP contribution is -2.47. The van der Waals surface area contributed by atoms with Gasteiger partial charge in [0.1, 0.15) is 6.54 Å². The fraction of sp³-hybridized carbons (Fsp3) is 0.846. The average Bonchev–Trinajstić information content (AvgIpc) is 2.36. The maximum Gasteiger partial charge on any atom is 0.322 e. The summed E-state index contributed by atoms with van der Waals surface area (Å²) >= 11 is 0. The molecule has 0 spiro atoms. The largest absolute Gasteiger partial charge is 0.480 e. The van der Waals surface area contributed by atoms with Crippen LogP contribution >= 0.6 is 0 Å². The molecule has 1 aliphatic carbocycles. The third kappa shape index (κ3) is 6.54. The Hall–Kier alpha value is -1.14. The van der Waals surface area contributed by atoms with Crippen molar-refractivity contribution in [2.24, 2.45) is 0 Å². The van der Waals surface area contributed by atoms with Gasteiger partial charge in [0.05, 0.1) is 12.6 Å². The number of nitrogens with zero attached hydrogens (tertiary/aromatic N) is 1. The second-order valence-electron chi connectivity index (χ2n) is 5.24. The highest BCUT2D eigenvalue weighted by atomic mass is 16.4. The molecule has 1 aliphatic rings. The smallest absolute Gasteiger partial charge is 0.322 e. The van der Waals surface area contributed by atoms with E-state index in [0.29, 0.717) is 12.6 Å². The van der Waals surface area contributed by atoms with Crippen molar-refractivity contribution in [3.8, 4) is 0 Å². The summed E-state index contributed by atoms with van der Waals surface area (Å²) in [7, 11) is 0. The van der Waals surface area contributed by atoms with Gasteiger partial charge in [-0.2, -0.15) is 0 Å². The van der Waals surface area contributed by atoms with Crippen LogP contribution in [-0.2, 0) is 9.59 Å². The van der Waals surface area contributed by atoms with Crippen LogP contribution in [0.5, 0.6) is 0 Å². The minimum atomic E-state index is -1.05. The number of carboxylic acids is 1. The topological polar surface area (TPSA) is 89.9 Å². The molecule has 1 fully saturated rings. The van der Waals surface area contributed by atoms with Crippen LogP contribution in [0.15, 0.2) is 0 Å². The number of carbonyl (C=O) groups is 2. The number of carbonyl (C=O) groups excluding carboxylic acids is 1. The Bertz CT molecular complexity index is 301. The summed E-state index contributed by atoms with van der Waals surface area (Å²) < 4.78 is 0. The van der Waals surface area contributed by atoms with Crippen LogP contribution in [0.25, 0.3) is 0 Å². The van der Waals surface area contributed by atoms with Gasteiger partial charge in [-0.25, -0.2) is 0 Å². The number of hydrogen-bond donors (Lipinski definition) is 3. The monoisotopic (exact) mass is 272 g/mol. The summed E-state index contributed by atoms with van der Waals surface area (Å²) in [6.07, 6.45) is 5.12. The number of aliphatic hydroxyl groups excluding tert-OH is 1. The van der Waals surface area contributed by atoms with E-state index in [2.05, 4.69) is 5.32 Å². The van der Waals surface area contributed by atoms with E-state index in [1.807, 2.05) is 4.90 Å². The first-order valence-electron chi connectivity index (χ1n) is 6.89. The third-order valence-corrected chi connectivity index (χ3v) is 3.37. The fourth-order valence-corrected chi connectivity index (χ4v) is 2.54. The Morgan fingerprint density at radius 1 is 1.32 bits per heavy atom. The standard InChI is InChI=1S/C13H24N2O4/c1-10(16)8-15(11-5-3-2-4-6-11)9-12(17)14-7-13(18)19/h10-11,16H,2-9H2,1H3,(H,14,17)(H,18,19). The van der Waals surface area contributed by atoms with Crippen LogP contribution in [0.2, 0.25) is 0 Å².